The monoisotopic (exact) mass is 472 g/mol. The maximum atomic E-state index is 13.4. The number of rotatable bonds is 9. The molecule has 0 aromatic heterocycles. The molecule has 2 aromatic rings. The van der Waals surface area contributed by atoms with Crippen molar-refractivity contribution in [2.45, 2.75) is 63.7 Å². The number of carbonyl (C=O) groups excluding carboxylic acids is 1. The zero-order valence-electron chi connectivity index (χ0n) is 20.1. The largest absolute Gasteiger partial charge is 0.495 e. The summed E-state index contributed by atoms with van der Waals surface area (Å²) in [6.07, 6.45) is 4.34. The molecule has 1 amide bonds. The van der Waals surface area contributed by atoms with Crippen molar-refractivity contribution in [1.29, 1.82) is 0 Å². The molecule has 6 nitrogen and oxygen atoms in total. The Bertz CT molecular complexity index is 1040. The summed E-state index contributed by atoms with van der Waals surface area (Å²) in [5.41, 5.74) is 3.00. The summed E-state index contributed by atoms with van der Waals surface area (Å²) < 4.78 is 33.5. The summed E-state index contributed by atoms with van der Waals surface area (Å²) in [5.74, 6) is 0.300. The number of amides is 1. The number of sulfonamides is 1. The number of anilines is 1. The lowest BCUT2D eigenvalue weighted by Gasteiger charge is -2.31. The number of nitrogens with zero attached hydrogens (tertiary/aromatic N) is 1. The van der Waals surface area contributed by atoms with Gasteiger partial charge in [-0.1, -0.05) is 45.4 Å². The molecule has 1 heterocycles. The van der Waals surface area contributed by atoms with Crippen LogP contribution in [0, 0.1) is 5.92 Å². The van der Waals surface area contributed by atoms with E-state index in [0.717, 1.165) is 30.5 Å². The van der Waals surface area contributed by atoms with E-state index in [1.807, 2.05) is 32.0 Å². The van der Waals surface area contributed by atoms with Crippen LogP contribution < -0.4 is 10.1 Å². The van der Waals surface area contributed by atoms with Crippen molar-refractivity contribution in [2.75, 3.05) is 25.5 Å². The summed E-state index contributed by atoms with van der Waals surface area (Å²) in [6.45, 7) is 6.85. The smallest absolute Gasteiger partial charge is 0.246 e. The quantitative estimate of drug-likeness (QED) is 0.544. The fraction of sp³-hybridized carbons (Fsp3) is 0.500. The van der Waals surface area contributed by atoms with E-state index in [2.05, 4.69) is 24.4 Å². The second-order valence-electron chi connectivity index (χ2n) is 9.03. The Morgan fingerprint density at radius 3 is 2.36 bits per heavy atom. The molecule has 0 saturated carbocycles. The van der Waals surface area contributed by atoms with E-state index in [0.29, 0.717) is 31.7 Å². The lowest BCUT2D eigenvalue weighted by Crippen LogP contribution is -2.41. The fourth-order valence-electron chi connectivity index (χ4n) is 4.13. The Kier molecular flexibility index (Phi) is 8.54. The maximum Gasteiger partial charge on any atom is 0.246 e. The Morgan fingerprint density at radius 1 is 1.12 bits per heavy atom. The van der Waals surface area contributed by atoms with Gasteiger partial charge in [0.2, 0.25) is 15.9 Å². The molecule has 2 aromatic carbocycles. The van der Waals surface area contributed by atoms with Crippen LogP contribution in [-0.2, 0) is 21.2 Å². The third kappa shape index (κ3) is 6.15. The molecule has 0 spiro atoms. The van der Waals surface area contributed by atoms with Crippen molar-refractivity contribution in [2.24, 2.45) is 5.92 Å². The predicted molar refractivity (Wildman–Crippen MR) is 132 cm³/mol. The first kappa shape index (κ1) is 25.2. The second kappa shape index (κ2) is 11.2. The van der Waals surface area contributed by atoms with Crippen molar-refractivity contribution in [3.8, 4) is 5.75 Å². The van der Waals surface area contributed by atoms with Gasteiger partial charge < -0.3 is 10.1 Å². The highest BCUT2D eigenvalue weighted by Crippen LogP contribution is 2.32. The van der Waals surface area contributed by atoms with Crippen molar-refractivity contribution >= 4 is 21.6 Å². The zero-order chi connectivity index (χ0) is 24.0. The third-order valence-electron chi connectivity index (χ3n) is 6.34. The van der Waals surface area contributed by atoms with Gasteiger partial charge in [0.05, 0.1) is 7.11 Å². The summed E-state index contributed by atoms with van der Waals surface area (Å²) in [7, 11) is -2.22. The lowest BCUT2D eigenvalue weighted by atomic mass is 9.97. The van der Waals surface area contributed by atoms with Crippen LogP contribution in [0.3, 0.4) is 0 Å². The average molecular weight is 473 g/mol. The number of unbranched alkanes of at least 4 members (excludes halogenated alkanes) is 1. The summed E-state index contributed by atoms with van der Waals surface area (Å²) in [6, 6.07) is 13.3. The second-order valence-corrected chi connectivity index (χ2v) is 10.9. The van der Waals surface area contributed by atoms with Gasteiger partial charge in [0, 0.05) is 24.7 Å². The van der Waals surface area contributed by atoms with Crippen LogP contribution >= 0.6 is 0 Å². The number of ether oxygens (including phenoxy) is 1. The topological polar surface area (TPSA) is 75.7 Å². The molecule has 0 unspecified atom stereocenters. The van der Waals surface area contributed by atoms with Gasteiger partial charge in [-0.3, -0.25) is 4.79 Å². The van der Waals surface area contributed by atoms with Gasteiger partial charge in [0.15, 0.2) is 0 Å². The fourth-order valence-corrected chi connectivity index (χ4v) is 5.79. The normalized spacial score (nSPS) is 15.5. The first-order valence-electron chi connectivity index (χ1n) is 11.8. The molecular formula is C26H36N2O4S. The highest BCUT2D eigenvalue weighted by atomic mass is 32.2. The molecule has 0 atom stereocenters. The van der Waals surface area contributed by atoms with Crippen LogP contribution in [0.5, 0.6) is 5.75 Å². The number of aryl methyl sites for hydroxylation is 1. The van der Waals surface area contributed by atoms with E-state index < -0.39 is 10.0 Å². The van der Waals surface area contributed by atoms with Crippen molar-refractivity contribution in [3.63, 3.8) is 0 Å². The number of hydrogen-bond donors (Lipinski definition) is 1. The van der Waals surface area contributed by atoms with Crippen LogP contribution in [0.4, 0.5) is 5.69 Å². The van der Waals surface area contributed by atoms with Crippen molar-refractivity contribution in [1.82, 2.24) is 4.31 Å². The van der Waals surface area contributed by atoms with E-state index in [4.69, 9.17) is 4.74 Å². The molecule has 1 aliphatic rings. The van der Waals surface area contributed by atoms with Gasteiger partial charge in [-0.2, -0.15) is 4.31 Å². The first-order valence-corrected chi connectivity index (χ1v) is 13.3. The van der Waals surface area contributed by atoms with Crippen LogP contribution in [0.25, 0.3) is 0 Å². The predicted octanol–water partition coefficient (Wildman–Crippen LogP) is 5.20. The molecular weight excluding hydrogens is 436 g/mol. The zero-order valence-corrected chi connectivity index (χ0v) is 21.0. The molecule has 0 aliphatic carbocycles. The molecule has 1 aliphatic heterocycles. The summed E-state index contributed by atoms with van der Waals surface area (Å²) >= 11 is 0. The summed E-state index contributed by atoms with van der Waals surface area (Å²) in [5, 5.41) is 2.99. The molecule has 1 N–H and O–H groups in total. The Hall–Kier alpha value is -2.38. The van der Waals surface area contributed by atoms with Crippen LogP contribution in [-0.4, -0.2) is 38.8 Å². The molecule has 0 radical (unpaired) electrons. The number of carbonyl (C=O) groups is 1. The molecule has 180 valence electrons. The van der Waals surface area contributed by atoms with Crippen LogP contribution in [0.1, 0.15) is 63.5 Å². The van der Waals surface area contributed by atoms with Gasteiger partial charge in [-0.05, 0) is 67.0 Å². The maximum absolute atomic E-state index is 13.4. The Labute approximate surface area is 198 Å². The molecule has 0 bridgehead atoms. The number of benzene rings is 2. The van der Waals surface area contributed by atoms with E-state index in [1.54, 1.807) is 12.1 Å². The van der Waals surface area contributed by atoms with E-state index in [1.165, 1.54) is 17.0 Å². The van der Waals surface area contributed by atoms with E-state index >= 15 is 0 Å². The van der Waals surface area contributed by atoms with Crippen molar-refractivity contribution in [3.05, 3.63) is 53.6 Å². The van der Waals surface area contributed by atoms with Gasteiger partial charge in [0.25, 0.3) is 0 Å². The Balaban J connectivity index is 1.63. The third-order valence-corrected chi connectivity index (χ3v) is 8.26. The minimum atomic E-state index is -3.70. The van der Waals surface area contributed by atoms with Gasteiger partial charge in [0.1, 0.15) is 10.6 Å². The van der Waals surface area contributed by atoms with Gasteiger partial charge >= 0.3 is 0 Å². The minimum absolute atomic E-state index is 0.0484. The average Bonchev–Trinajstić information content (AvgIpc) is 2.83. The molecule has 1 saturated heterocycles. The number of nitrogens with one attached hydrogen (secondary N) is 1. The molecule has 1 fully saturated rings. The number of piperidine rings is 1. The standard InChI is InChI=1S/C26H36N2O4S/c1-5-6-7-20-8-11-23(12-9-20)27-26(29)21-14-16-28(17-15-21)33(30,31)25-18-22(19(2)3)10-13-24(25)32-4/h8-13,18-19,21H,5-7,14-17H2,1-4H3,(H,27,29). The molecule has 33 heavy (non-hydrogen) atoms. The van der Waals surface area contributed by atoms with Gasteiger partial charge in [-0.25, -0.2) is 8.42 Å². The number of hydrogen-bond acceptors (Lipinski definition) is 4. The molecule has 3 rings (SSSR count). The first-order chi connectivity index (χ1) is 15.8. The van der Waals surface area contributed by atoms with E-state index in [9.17, 15) is 13.2 Å². The molecule has 7 heteroatoms. The Morgan fingerprint density at radius 2 is 1.79 bits per heavy atom. The highest BCUT2D eigenvalue weighted by molar-refractivity contribution is 7.89. The minimum Gasteiger partial charge on any atom is -0.495 e. The van der Waals surface area contributed by atoms with Crippen LogP contribution in [0.2, 0.25) is 0 Å². The lowest BCUT2D eigenvalue weighted by molar-refractivity contribution is -0.120. The van der Waals surface area contributed by atoms with E-state index in [-0.39, 0.29) is 22.6 Å². The van der Waals surface area contributed by atoms with Gasteiger partial charge in [-0.15, -0.1) is 0 Å². The SMILES string of the molecule is CCCCc1ccc(NC(=O)C2CCN(S(=O)(=O)c3cc(C(C)C)ccc3OC)CC2)cc1. The highest BCUT2D eigenvalue weighted by Gasteiger charge is 2.34. The number of methoxy groups -OCH3 is 1. The van der Waals surface area contributed by atoms with Crippen molar-refractivity contribution < 1.29 is 17.9 Å². The summed E-state index contributed by atoms with van der Waals surface area (Å²) in [4.78, 5) is 13.0. The van der Waals surface area contributed by atoms with Crippen LogP contribution in [0.15, 0.2) is 47.4 Å².